The molecule has 1 N–H and O–H groups in total. The van der Waals surface area contributed by atoms with Gasteiger partial charge in [-0.2, -0.15) is 0 Å². The van der Waals surface area contributed by atoms with Crippen molar-refractivity contribution in [2.75, 3.05) is 20.2 Å². The van der Waals surface area contributed by atoms with Crippen molar-refractivity contribution in [3.63, 3.8) is 0 Å². The second-order valence-corrected chi connectivity index (χ2v) is 6.49. The summed E-state index contributed by atoms with van der Waals surface area (Å²) in [6, 6.07) is 19.7. The number of carbonyl (C=O) groups is 1. The van der Waals surface area contributed by atoms with E-state index in [1.807, 2.05) is 65.6 Å². The lowest BCUT2D eigenvalue weighted by Crippen LogP contribution is -2.55. The monoisotopic (exact) mass is 354 g/mol. The Morgan fingerprint density at radius 2 is 1.73 bits per heavy atom. The average molecular weight is 354 g/mol. The summed E-state index contributed by atoms with van der Waals surface area (Å²) in [7, 11) is 1.70. The molecule has 3 rings (SSSR count). The number of amides is 1. The topological polar surface area (TPSA) is 50.8 Å². The summed E-state index contributed by atoms with van der Waals surface area (Å²) >= 11 is 0. The largest absolute Gasteiger partial charge is 0.445 e. The second kappa shape index (κ2) is 9.36. The maximum atomic E-state index is 12.9. The molecular weight excluding hydrogens is 328 g/mol. The van der Waals surface area contributed by atoms with E-state index >= 15 is 0 Å². The van der Waals surface area contributed by atoms with Crippen LogP contribution in [0.5, 0.6) is 0 Å². The minimum atomic E-state index is -0.299. The Hall–Kier alpha value is -2.37. The SMILES string of the molecule is CO[C@@H]1CNCC[C@@H]1N(Cc1ccccc1)C(=O)OCc1ccccc1. The highest BCUT2D eigenvalue weighted by Gasteiger charge is 2.34. The molecule has 0 spiro atoms. The van der Waals surface area contributed by atoms with Crippen LogP contribution in [0, 0.1) is 0 Å². The average Bonchev–Trinajstić information content (AvgIpc) is 2.72. The first kappa shape index (κ1) is 18.4. The molecule has 0 saturated carbocycles. The van der Waals surface area contributed by atoms with Crippen LogP contribution in [0.2, 0.25) is 0 Å². The van der Waals surface area contributed by atoms with Gasteiger partial charge in [-0.15, -0.1) is 0 Å². The molecule has 2 aromatic rings. The lowest BCUT2D eigenvalue weighted by atomic mass is 10.0. The molecule has 5 nitrogen and oxygen atoms in total. The van der Waals surface area contributed by atoms with Gasteiger partial charge in [0.15, 0.2) is 0 Å². The van der Waals surface area contributed by atoms with E-state index in [-0.39, 0.29) is 24.8 Å². The zero-order chi connectivity index (χ0) is 18.2. The summed E-state index contributed by atoms with van der Waals surface area (Å²) in [5.41, 5.74) is 2.06. The van der Waals surface area contributed by atoms with Crippen molar-refractivity contribution < 1.29 is 14.3 Å². The van der Waals surface area contributed by atoms with Crippen LogP contribution in [0.15, 0.2) is 60.7 Å². The van der Waals surface area contributed by atoms with Crippen LogP contribution in [0.1, 0.15) is 17.5 Å². The smallest absolute Gasteiger partial charge is 0.410 e. The molecule has 0 bridgehead atoms. The zero-order valence-electron chi connectivity index (χ0n) is 15.1. The number of benzene rings is 2. The van der Waals surface area contributed by atoms with Crippen molar-refractivity contribution in [1.82, 2.24) is 10.2 Å². The Morgan fingerprint density at radius 3 is 2.38 bits per heavy atom. The molecule has 2 aromatic carbocycles. The maximum absolute atomic E-state index is 12.9. The summed E-state index contributed by atoms with van der Waals surface area (Å²) in [5, 5.41) is 3.33. The van der Waals surface area contributed by atoms with Crippen LogP contribution in [-0.4, -0.2) is 43.3 Å². The third kappa shape index (κ3) is 4.84. The van der Waals surface area contributed by atoms with Crippen LogP contribution < -0.4 is 5.32 Å². The zero-order valence-corrected chi connectivity index (χ0v) is 15.1. The Bertz CT molecular complexity index is 678. The van der Waals surface area contributed by atoms with Gasteiger partial charge in [-0.3, -0.25) is 4.90 Å². The number of piperidine rings is 1. The lowest BCUT2D eigenvalue weighted by Gasteiger charge is -2.39. The van der Waals surface area contributed by atoms with E-state index in [4.69, 9.17) is 9.47 Å². The predicted molar refractivity (Wildman–Crippen MR) is 101 cm³/mol. The van der Waals surface area contributed by atoms with E-state index in [1.54, 1.807) is 7.11 Å². The first-order chi connectivity index (χ1) is 12.8. The van der Waals surface area contributed by atoms with Gasteiger partial charge in [0.05, 0.1) is 12.1 Å². The van der Waals surface area contributed by atoms with Crippen LogP contribution in [0.3, 0.4) is 0 Å². The fourth-order valence-electron chi connectivity index (χ4n) is 3.31. The molecule has 1 aliphatic heterocycles. The first-order valence-electron chi connectivity index (χ1n) is 9.02. The van der Waals surface area contributed by atoms with E-state index in [0.29, 0.717) is 6.54 Å². The fourth-order valence-corrected chi connectivity index (χ4v) is 3.31. The summed E-state index contributed by atoms with van der Waals surface area (Å²) in [6.45, 7) is 2.38. The van der Waals surface area contributed by atoms with Crippen molar-refractivity contribution in [2.45, 2.75) is 31.7 Å². The minimum absolute atomic E-state index is 0.00951. The van der Waals surface area contributed by atoms with E-state index < -0.39 is 0 Å². The third-order valence-corrected chi connectivity index (χ3v) is 4.73. The van der Waals surface area contributed by atoms with Crippen molar-refractivity contribution in [2.24, 2.45) is 0 Å². The van der Waals surface area contributed by atoms with Crippen LogP contribution in [0.25, 0.3) is 0 Å². The fraction of sp³-hybridized carbons (Fsp3) is 0.381. The van der Waals surface area contributed by atoms with Gasteiger partial charge in [-0.1, -0.05) is 60.7 Å². The number of hydrogen-bond donors (Lipinski definition) is 1. The van der Waals surface area contributed by atoms with Gasteiger partial charge in [0, 0.05) is 20.2 Å². The summed E-state index contributed by atoms with van der Waals surface area (Å²) in [5.74, 6) is 0. The lowest BCUT2D eigenvalue weighted by molar-refractivity contribution is -0.00884. The Morgan fingerprint density at radius 1 is 1.08 bits per heavy atom. The molecule has 2 atom stereocenters. The normalized spacial score (nSPS) is 19.7. The van der Waals surface area contributed by atoms with Crippen molar-refractivity contribution >= 4 is 6.09 Å². The van der Waals surface area contributed by atoms with Crippen molar-refractivity contribution in [3.05, 3.63) is 71.8 Å². The molecule has 0 aromatic heterocycles. The molecule has 1 aliphatic rings. The first-order valence-corrected chi connectivity index (χ1v) is 9.02. The molecule has 5 heteroatoms. The summed E-state index contributed by atoms with van der Waals surface area (Å²) in [4.78, 5) is 14.7. The molecule has 1 amide bonds. The highest BCUT2D eigenvalue weighted by atomic mass is 16.6. The summed E-state index contributed by atoms with van der Waals surface area (Å²) in [6.07, 6.45) is 0.495. The van der Waals surface area contributed by atoms with E-state index in [9.17, 15) is 4.79 Å². The van der Waals surface area contributed by atoms with Gasteiger partial charge in [-0.25, -0.2) is 4.79 Å². The number of methoxy groups -OCH3 is 1. The molecule has 1 fully saturated rings. The highest BCUT2D eigenvalue weighted by molar-refractivity contribution is 5.68. The molecule has 0 unspecified atom stereocenters. The molecule has 1 heterocycles. The quantitative estimate of drug-likeness (QED) is 0.865. The molecule has 0 aliphatic carbocycles. The van der Waals surface area contributed by atoms with Crippen molar-refractivity contribution in [3.8, 4) is 0 Å². The molecule has 1 saturated heterocycles. The molecule has 138 valence electrons. The minimum Gasteiger partial charge on any atom is -0.445 e. The van der Waals surface area contributed by atoms with Gasteiger partial charge in [0.25, 0.3) is 0 Å². The van der Waals surface area contributed by atoms with Crippen LogP contribution in [0.4, 0.5) is 4.79 Å². The molecular formula is C21H26N2O3. The molecule has 0 radical (unpaired) electrons. The van der Waals surface area contributed by atoms with Gasteiger partial charge in [0.1, 0.15) is 6.61 Å². The second-order valence-electron chi connectivity index (χ2n) is 6.49. The number of rotatable bonds is 6. The molecule has 26 heavy (non-hydrogen) atoms. The van der Waals surface area contributed by atoms with E-state index in [2.05, 4.69) is 5.32 Å². The van der Waals surface area contributed by atoms with Gasteiger partial charge in [0.2, 0.25) is 0 Å². The number of carbonyl (C=O) groups excluding carboxylic acids is 1. The number of ether oxygens (including phenoxy) is 2. The standard InChI is InChI=1S/C21H26N2O3/c1-25-20-14-22-13-12-19(20)23(15-17-8-4-2-5-9-17)21(24)26-16-18-10-6-3-7-11-18/h2-11,19-20,22H,12-16H2,1H3/t19-,20+/m0/s1. The summed E-state index contributed by atoms with van der Waals surface area (Å²) < 4.78 is 11.2. The Balaban J connectivity index is 1.73. The van der Waals surface area contributed by atoms with Crippen LogP contribution >= 0.6 is 0 Å². The van der Waals surface area contributed by atoms with Crippen LogP contribution in [-0.2, 0) is 22.6 Å². The van der Waals surface area contributed by atoms with Gasteiger partial charge < -0.3 is 14.8 Å². The number of hydrogen-bond acceptors (Lipinski definition) is 4. The van der Waals surface area contributed by atoms with E-state index in [0.717, 1.165) is 30.6 Å². The Labute approximate surface area is 154 Å². The van der Waals surface area contributed by atoms with E-state index in [1.165, 1.54) is 0 Å². The highest BCUT2D eigenvalue weighted by Crippen LogP contribution is 2.20. The third-order valence-electron chi connectivity index (χ3n) is 4.73. The van der Waals surface area contributed by atoms with Crippen molar-refractivity contribution in [1.29, 1.82) is 0 Å². The van der Waals surface area contributed by atoms with Gasteiger partial charge >= 0.3 is 6.09 Å². The predicted octanol–water partition coefficient (Wildman–Crippen LogP) is 3.20. The van der Waals surface area contributed by atoms with Gasteiger partial charge in [-0.05, 0) is 24.1 Å². The number of nitrogens with one attached hydrogen (secondary N) is 1. The Kier molecular flexibility index (Phi) is 6.63. The number of nitrogens with zero attached hydrogens (tertiary/aromatic N) is 1. The maximum Gasteiger partial charge on any atom is 0.410 e.